The molecule has 6 heteroatoms. The Morgan fingerprint density at radius 1 is 1.13 bits per heavy atom. The van der Waals surface area contributed by atoms with Gasteiger partial charge in [0.15, 0.2) is 0 Å². The third-order valence-corrected chi connectivity index (χ3v) is 6.01. The fourth-order valence-electron chi connectivity index (χ4n) is 4.42. The molecular weight excluding hydrogens is 374 g/mol. The molecule has 1 atom stereocenters. The molecule has 1 aliphatic rings. The first-order valence-electron chi connectivity index (χ1n) is 10.4. The van der Waals surface area contributed by atoms with Gasteiger partial charge in [-0.2, -0.15) is 0 Å². The van der Waals surface area contributed by atoms with E-state index in [0.29, 0.717) is 0 Å². The maximum absolute atomic E-state index is 11.8. The van der Waals surface area contributed by atoms with Gasteiger partial charge in [-0.15, -0.1) is 0 Å². The number of aryl methyl sites for hydroxylation is 1. The van der Waals surface area contributed by atoms with Gasteiger partial charge in [0.2, 0.25) is 5.91 Å². The van der Waals surface area contributed by atoms with E-state index >= 15 is 0 Å². The molecule has 30 heavy (non-hydrogen) atoms. The van der Waals surface area contributed by atoms with Crippen LogP contribution < -0.4 is 5.32 Å². The lowest BCUT2D eigenvalue weighted by Gasteiger charge is -2.33. The van der Waals surface area contributed by atoms with Gasteiger partial charge in [0.05, 0.1) is 11.0 Å². The van der Waals surface area contributed by atoms with Crippen molar-refractivity contribution in [2.45, 2.75) is 25.8 Å². The number of hydrogen-bond donors (Lipinski definition) is 1. The molecule has 0 aliphatic carbocycles. The van der Waals surface area contributed by atoms with Crippen molar-refractivity contribution in [1.82, 2.24) is 19.4 Å². The molecule has 6 nitrogen and oxygen atoms in total. The van der Waals surface area contributed by atoms with Crippen LogP contribution in [0.1, 0.15) is 19.8 Å². The summed E-state index contributed by atoms with van der Waals surface area (Å²) < 4.78 is 2.13. The minimum Gasteiger partial charge on any atom is -0.380 e. The SMILES string of the molecule is CC(=O)N1CCC[C@H](Nc2cc(-c3ccc4ccn(C)c4c3)c3nccnc3c2)C1. The molecule has 1 saturated heterocycles. The maximum Gasteiger partial charge on any atom is 0.219 e. The first-order chi connectivity index (χ1) is 14.6. The number of carbonyl (C=O) groups excluding carboxylic acids is 1. The zero-order chi connectivity index (χ0) is 20.7. The molecule has 2 aromatic heterocycles. The lowest BCUT2D eigenvalue weighted by molar-refractivity contribution is -0.129. The van der Waals surface area contributed by atoms with E-state index in [1.165, 1.54) is 10.9 Å². The average Bonchev–Trinajstić information content (AvgIpc) is 3.13. The van der Waals surface area contributed by atoms with Crippen LogP contribution >= 0.6 is 0 Å². The lowest BCUT2D eigenvalue weighted by Crippen LogP contribution is -2.44. The summed E-state index contributed by atoms with van der Waals surface area (Å²) in [6.45, 7) is 3.23. The standard InChI is InChI=1S/C24H25N5O/c1-16(30)29-10-3-4-19(15-29)27-20-13-21(24-22(14-20)25-8-9-26-24)18-6-5-17-7-11-28(2)23(17)12-18/h5-9,11-14,19,27H,3-4,10,15H2,1-2H3/t19-/m0/s1. The Kier molecular flexibility index (Phi) is 4.62. The van der Waals surface area contributed by atoms with Crippen LogP contribution in [0.2, 0.25) is 0 Å². The second-order valence-corrected chi connectivity index (χ2v) is 8.10. The van der Waals surface area contributed by atoms with Gasteiger partial charge >= 0.3 is 0 Å². The molecule has 4 aromatic rings. The van der Waals surface area contributed by atoms with Crippen LogP contribution in [0.4, 0.5) is 5.69 Å². The Bertz CT molecular complexity index is 1250. The molecular formula is C24H25N5O. The number of aromatic nitrogens is 3. The van der Waals surface area contributed by atoms with Gasteiger partial charge in [0, 0.05) is 68.5 Å². The number of likely N-dealkylation sites (tertiary alicyclic amines) is 1. The topological polar surface area (TPSA) is 63.1 Å². The molecule has 5 rings (SSSR count). The van der Waals surface area contributed by atoms with Gasteiger partial charge in [-0.25, -0.2) is 0 Å². The van der Waals surface area contributed by atoms with E-state index in [4.69, 9.17) is 0 Å². The summed E-state index contributed by atoms with van der Waals surface area (Å²) in [6, 6.07) is 13.1. The van der Waals surface area contributed by atoms with Crippen molar-refractivity contribution in [2.75, 3.05) is 18.4 Å². The summed E-state index contributed by atoms with van der Waals surface area (Å²) in [5.74, 6) is 0.141. The molecule has 3 heterocycles. The molecule has 0 saturated carbocycles. The molecule has 1 amide bonds. The van der Waals surface area contributed by atoms with Gasteiger partial charge in [-0.05, 0) is 48.1 Å². The number of amides is 1. The van der Waals surface area contributed by atoms with Crippen LogP contribution in [-0.4, -0.2) is 44.5 Å². The van der Waals surface area contributed by atoms with Gasteiger partial charge in [-0.1, -0.05) is 12.1 Å². The molecule has 0 spiro atoms. The number of anilines is 1. The van der Waals surface area contributed by atoms with Crippen molar-refractivity contribution in [2.24, 2.45) is 7.05 Å². The number of rotatable bonds is 3. The van der Waals surface area contributed by atoms with Crippen molar-refractivity contribution in [1.29, 1.82) is 0 Å². The molecule has 0 unspecified atom stereocenters. The van der Waals surface area contributed by atoms with Crippen molar-refractivity contribution in [3.05, 3.63) is 55.0 Å². The Labute approximate surface area is 175 Å². The second-order valence-electron chi connectivity index (χ2n) is 8.10. The van der Waals surface area contributed by atoms with Crippen molar-refractivity contribution in [3.63, 3.8) is 0 Å². The largest absolute Gasteiger partial charge is 0.380 e. The normalized spacial score (nSPS) is 16.9. The van der Waals surface area contributed by atoms with E-state index in [0.717, 1.165) is 53.8 Å². The Morgan fingerprint density at radius 3 is 2.87 bits per heavy atom. The Morgan fingerprint density at radius 2 is 2.00 bits per heavy atom. The number of piperidine rings is 1. The van der Waals surface area contributed by atoms with Crippen LogP contribution in [0.25, 0.3) is 33.1 Å². The zero-order valence-electron chi connectivity index (χ0n) is 17.3. The fourth-order valence-corrected chi connectivity index (χ4v) is 4.42. The molecule has 2 aromatic carbocycles. The summed E-state index contributed by atoms with van der Waals surface area (Å²) in [5.41, 5.74) is 6.14. The number of nitrogens with zero attached hydrogens (tertiary/aromatic N) is 4. The molecule has 152 valence electrons. The van der Waals surface area contributed by atoms with Gasteiger partial charge in [0.1, 0.15) is 0 Å². The van der Waals surface area contributed by atoms with Gasteiger partial charge < -0.3 is 14.8 Å². The van der Waals surface area contributed by atoms with Crippen LogP contribution in [0.5, 0.6) is 0 Å². The van der Waals surface area contributed by atoms with Gasteiger partial charge in [-0.3, -0.25) is 14.8 Å². The third kappa shape index (κ3) is 3.38. The minimum atomic E-state index is 0.141. The first-order valence-corrected chi connectivity index (χ1v) is 10.4. The quantitative estimate of drug-likeness (QED) is 0.561. The van der Waals surface area contributed by atoms with Crippen LogP contribution in [-0.2, 0) is 11.8 Å². The summed E-state index contributed by atoms with van der Waals surface area (Å²) in [4.78, 5) is 22.9. The van der Waals surface area contributed by atoms with Crippen LogP contribution in [0, 0.1) is 0 Å². The highest BCUT2D eigenvalue weighted by molar-refractivity contribution is 5.97. The number of nitrogens with one attached hydrogen (secondary N) is 1. The van der Waals surface area contributed by atoms with Crippen molar-refractivity contribution >= 4 is 33.5 Å². The Balaban J connectivity index is 1.56. The fraction of sp³-hybridized carbons (Fsp3) is 0.292. The molecule has 1 N–H and O–H groups in total. The Hall–Kier alpha value is -3.41. The highest BCUT2D eigenvalue weighted by Crippen LogP contribution is 2.32. The summed E-state index contributed by atoms with van der Waals surface area (Å²) in [6.07, 6.45) is 7.61. The van der Waals surface area contributed by atoms with Crippen LogP contribution in [0.15, 0.2) is 55.0 Å². The summed E-state index contributed by atoms with van der Waals surface area (Å²) in [7, 11) is 2.06. The second kappa shape index (κ2) is 7.44. The van der Waals surface area contributed by atoms with E-state index in [1.54, 1.807) is 19.3 Å². The summed E-state index contributed by atoms with van der Waals surface area (Å²) >= 11 is 0. The number of benzene rings is 2. The van der Waals surface area contributed by atoms with Crippen molar-refractivity contribution < 1.29 is 4.79 Å². The first kappa shape index (κ1) is 18.6. The van der Waals surface area contributed by atoms with E-state index < -0.39 is 0 Å². The lowest BCUT2D eigenvalue weighted by atomic mass is 10.0. The molecule has 1 aliphatic heterocycles. The van der Waals surface area contributed by atoms with E-state index in [1.807, 2.05) is 4.90 Å². The van der Waals surface area contributed by atoms with Gasteiger partial charge in [0.25, 0.3) is 0 Å². The summed E-state index contributed by atoms with van der Waals surface area (Å²) in [5, 5.41) is 4.86. The highest BCUT2D eigenvalue weighted by Gasteiger charge is 2.22. The highest BCUT2D eigenvalue weighted by atomic mass is 16.2. The maximum atomic E-state index is 11.8. The third-order valence-electron chi connectivity index (χ3n) is 6.01. The number of hydrogen-bond acceptors (Lipinski definition) is 4. The number of fused-ring (bicyclic) bond motifs is 2. The molecule has 0 bridgehead atoms. The predicted molar refractivity (Wildman–Crippen MR) is 120 cm³/mol. The monoisotopic (exact) mass is 399 g/mol. The molecule has 1 fully saturated rings. The minimum absolute atomic E-state index is 0.141. The van der Waals surface area contributed by atoms with E-state index in [9.17, 15) is 4.79 Å². The smallest absolute Gasteiger partial charge is 0.219 e. The zero-order valence-corrected chi connectivity index (χ0v) is 17.3. The van der Waals surface area contributed by atoms with Crippen molar-refractivity contribution in [3.8, 4) is 11.1 Å². The predicted octanol–water partition coefficient (Wildman–Crippen LogP) is 4.21. The van der Waals surface area contributed by atoms with Crippen LogP contribution in [0.3, 0.4) is 0 Å². The van der Waals surface area contributed by atoms with E-state index in [2.05, 4.69) is 69.5 Å². The number of carbonyl (C=O) groups is 1. The average molecular weight is 399 g/mol. The molecule has 0 radical (unpaired) electrons. The van der Waals surface area contributed by atoms with E-state index in [-0.39, 0.29) is 11.9 Å².